The highest BCUT2D eigenvalue weighted by molar-refractivity contribution is 7.83. The first-order chi connectivity index (χ1) is 11.9. The van der Waals surface area contributed by atoms with E-state index in [0.29, 0.717) is 0 Å². The molecule has 2 aliphatic heterocycles. The molecule has 12 nitrogen and oxygen atoms in total. The third kappa shape index (κ3) is 4.21. The Bertz CT molecular complexity index is 679. The van der Waals surface area contributed by atoms with Crippen molar-refractivity contribution in [3.05, 3.63) is 0 Å². The summed E-state index contributed by atoms with van der Waals surface area (Å²) < 4.78 is 22.9. The summed E-state index contributed by atoms with van der Waals surface area (Å²) in [5, 5.41) is 23.3. The molecule has 1 fully saturated rings. The fourth-order valence-corrected chi connectivity index (χ4v) is 17.6. The van der Waals surface area contributed by atoms with Gasteiger partial charge in [0.2, 0.25) is 30.0 Å². The molecule has 2 rings (SSSR count). The maximum Gasteiger partial charge on any atom is 0.218 e. The zero-order valence-corrected chi connectivity index (χ0v) is 19.5. The summed E-state index contributed by atoms with van der Waals surface area (Å²) in [6.45, 7) is 1.95. The van der Waals surface area contributed by atoms with Crippen molar-refractivity contribution in [2.24, 2.45) is 18.1 Å². The second-order valence-electron chi connectivity index (χ2n) is 5.25. The lowest BCUT2D eigenvalue weighted by atomic mass is 11.0. The minimum atomic E-state index is -2.43. The van der Waals surface area contributed by atoms with Crippen molar-refractivity contribution < 1.29 is 0 Å². The lowest BCUT2D eigenvalue weighted by molar-refractivity contribution is 0.870. The largest absolute Gasteiger partial charge is 0.257 e. The van der Waals surface area contributed by atoms with Crippen LogP contribution < -0.4 is 35.6 Å². The van der Waals surface area contributed by atoms with Gasteiger partial charge in [0.25, 0.3) is 0 Å². The van der Waals surface area contributed by atoms with Gasteiger partial charge in [-0.3, -0.25) is 35.6 Å². The van der Waals surface area contributed by atoms with E-state index >= 15 is 0 Å². The monoisotopic (exact) mass is 432 g/mol. The first kappa shape index (κ1) is 21.9. The van der Waals surface area contributed by atoms with E-state index in [9.17, 15) is 0 Å². The van der Waals surface area contributed by atoms with Crippen LogP contribution in [-0.2, 0) is 0 Å². The molecule has 25 heavy (non-hydrogen) atoms. The van der Waals surface area contributed by atoms with E-state index in [4.69, 9.17) is 18.1 Å². The molecule has 0 spiro atoms. The molecular formula is C9H32N12P4. The van der Waals surface area contributed by atoms with E-state index in [1.165, 1.54) is 0 Å². The molecule has 2 heterocycles. The van der Waals surface area contributed by atoms with Gasteiger partial charge in [-0.05, 0) is 49.3 Å². The lowest BCUT2D eigenvalue weighted by Crippen LogP contribution is -2.24. The Morgan fingerprint density at radius 2 is 0.880 bits per heavy atom. The minimum absolute atomic E-state index is 0.973. The van der Waals surface area contributed by atoms with Crippen molar-refractivity contribution in [1.29, 1.82) is 0 Å². The standard InChI is InChI=1S/C9H32N12P4/c1-10-22(11-2)17-23(12-3,13-4)19-25(16-7,21-8-9-21)20-24(14-5,15-6)18-22/h10-16H,8-9H2,1-7H3. The molecule has 1 unspecified atom stereocenters. The zero-order valence-electron chi connectivity index (χ0n) is 15.9. The second kappa shape index (κ2) is 8.31. The first-order valence-electron chi connectivity index (χ1n) is 8.00. The Hall–Kier alpha value is 0.600. The van der Waals surface area contributed by atoms with E-state index < -0.39 is 30.0 Å². The summed E-state index contributed by atoms with van der Waals surface area (Å²) in [4.78, 5) is 0. The Kier molecular flexibility index (Phi) is 7.28. The molecule has 148 valence electrons. The van der Waals surface area contributed by atoms with Gasteiger partial charge in [-0.15, -0.1) is 0 Å². The lowest BCUT2D eigenvalue weighted by Gasteiger charge is -2.35. The Labute approximate surface area is 151 Å². The van der Waals surface area contributed by atoms with Gasteiger partial charge in [0, 0.05) is 13.1 Å². The normalized spacial score (nSPS) is 30.0. The summed E-state index contributed by atoms with van der Waals surface area (Å²) in [5.74, 6) is 0. The molecule has 16 heteroatoms. The quantitative estimate of drug-likeness (QED) is 0.227. The van der Waals surface area contributed by atoms with Crippen LogP contribution in [0.5, 0.6) is 0 Å². The van der Waals surface area contributed by atoms with Gasteiger partial charge in [-0.25, -0.2) is 4.67 Å². The summed E-state index contributed by atoms with van der Waals surface area (Å²) in [7, 11) is 3.58. The highest BCUT2D eigenvalue weighted by atomic mass is 31.3. The van der Waals surface area contributed by atoms with Crippen LogP contribution in [0.15, 0.2) is 18.1 Å². The van der Waals surface area contributed by atoms with Crippen LogP contribution >= 0.6 is 30.0 Å². The van der Waals surface area contributed by atoms with E-state index in [2.05, 4.69) is 40.3 Å². The van der Waals surface area contributed by atoms with Gasteiger partial charge in [-0.2, -0.15) is 18.1 Å². The van der Waals surface area contributed by atoms with Gasteiger partial charge in [0.1, 0.15) is 0 Å². The van der Waals surface area contributed by atoms with E-state index in [1.54, 1.807) is 0 Å². The fraction of sp³-hybridized carbons (Fsp3) is 1.00. The average Bonchev–Trinajstić information content (AvgIpc) is 3.49. The van der Waals surface area contributed by atoms with Crippen LogP contribution in [0.2, 0.25) is 0 Å². The fourth-order valence-electron chi connectivity index (χ4n) is 2.35. The number of rotatable bonds is 8. The average molecular weight is 432 g/mol. The van der Waals surface area contributed by atoms with E-state index in [0.717, 1.165) is 13.1 Å². The molecule has 0 radical (unpaired) electrons. The van der Waals surface area contributed by atoms with Gasteiger partial charge >= 0.3 is 0 Å². The summed E-state index contributed by atoms with van der Waals surface area (Å²) in [6.07, 6.45) is 0. The Balaban J connectivity index is 2.95. The molecule has 0 amide bonds. The summed E-state index contributed by atoms with van der Waals surface area (Å²) in [6, 6.07) is 0. The van der Waals surface area contributed by atoms with Crippen molar-refractivity contribution in [3.8, 4) is 0 Å². The Morgan fingerprint density at radius 1 is 0.520 bits per heavy atom. The maximum absolute atomic E-state index is 5.22. The van der Waals surface area contributed by atoms with Crippen LogP contribution in [0, 0.1) is 0 Å². The molecular weight excluding hydrogens is 400 g/mol. The molecule has 0 aromatic carbocycles. The predicted octanol–water partition coefficient (Wildman–Crippen LogP) is 1.64. The highest BCUT2D eigenvalue weighted by Gasteiger charge is 2.41. The first-order valence-corrected chi connectivity index (χ1v) is 14.7. The topological polar surface area (TPSA) is 137 Å². The zero-order chi connectivity index (χ0) is 18.8. The number of nitrogens with one attached hydrogen (secondary N) is 7. The predicted molar refractivity (Wildman–Crippen MR) is 112 cm³/mol. The van der Waals surface area contributed by atoms with Gasteiger partial charge < -0.3 is 0 Å². The van der Waals surface area contributed by atoms with Crippen molar-refractivity contribution >= 4 is 30.0 Å². The third-order valence-corrected chi connectivity index (χ3v) is 17.8. The molecule has 0 aromatic rings. The second-order valence-corrected chi connectivity index (χ2v) is 16.6. The molecule has 0 bridgehead atoms. The van der Waals surface area contributed by atoms with Gasteiger partial charge in [0.15, 0.2) is 0 Å². The molecule has 1 atom stereocenters. The maximum atomic E-state index is 5.22. The van der Waals surface area contributed by atoms with Crippen molar-refractivity contribution in [1.82, 2.24) is 40.3 Å². The molecule has 7 N–H and O–H groups in total. The molecule has 0 aliphatic carbocycles. The molecule has 0 saturated carbocycles. The summed E-state index contributed by atoms with van der Waals surface area (Å²) >= 11 is 0. The van der Waals surface area contributed by atoms with Crippen molar-refractivity contribution in [2.75, 3.05) is 62.4 Å². The van der Waals surface area contributed by atoms with Crippen molar-refractivity contribution in [3.63, 3.8) is 0 Å². The minimum Gasteiger partial charge on any atom is -0.257 e. The molecule has 2 aliphatic rings. The van der Waals surface area contributed by atoms with E-state index in [-0.39, 0.29) is 0 Å². The van der Waals surface area contributed by atoms with Gasteiger partial charge in [-0.1, -0.05) is 0 Å². The summed E-state index contributed by atoms with van der Waals surface area (Å²) in [5.41, 5.74) is 0. The van der Waals surface area contributed by atoms with Crippen LogP contribution in [-0.4, -0.2) is 67.1 Å². The third-order valence-electron chi connectivity index (χ3n) is 4.01. The molecule has 1 saturated heterocycles. The molecule has 0 aromatic heterocycles. The van der Waals surface area contributed by atoms with Crippen molar-refractivity contribution in [2.45, 2.75) is 0 Å². The van der Waals surface area contributed by atoms with Crippen LogP contribution in [0.25, 0.3) is 0 Å². The van der Waals surface area contributed by atoms with Crippen LogP contribution in [0.1, 0.15) is 0 Å². The van der Waals surface area contributed by atoms with Crippen LogP contribution in [0.3, 0.4) is 0 Å². The van der Waals surface area contributed by atoms with Crippen LogP contribution in [0.4, 0.5) is 0 Å². The van der Waals surface area contributed by atoms with E-state index in [1.807, 2.05) is 49.3 Å². The number of hydrogen-bond donors (Lipinski definition) is 7. The SMILES string of the molecule is CNP1(NC)=NP(NC)(NC)=NP(NC)(N2CC2)=NP(NC)(NC)=N1. The Morgan fingerprint density at radius 3 is 1.20 bits per heavy atom. The smallest absolute Gasteiger partial charge is 0.218 e. The number of nitrogens with zero attached hydrogens (tertiary/aromatic N) is 5. The number of hydrogen-bond acceptors (Lipinski definition) is 12. The highest BCUT2D eigenvalue weighted by Crippen LogP contribution is 2.73. The van der Waals surface area contributed by atoms with Gasteiger partial charge in [0.05, 0.1) is 0 Å².